The molecule has 0 unspecified atom stereocenters. The van der Waals surface area contributed by atoms with Gasteiger partial charge in [0.25, 0.3) is 0 Å². The van der Waals surface area contributed by atoms with Gasteiger partial charge in [-0.05, 0) is 59.9 Å². The minimum atomic E-state index is -1.04. The van der Waals surface area contributed by atoms with Gasteiger partial charge in [-0.1, -0.05) is 30.3 Å². The van der Waals surface area contributed by atoms with Gasteiger partial charge < -0.3 is 19.1 Å². The van der Waals surface area contributed by atoms with Crippen LogP contribution in [-0.2, 0) is 25.6 Å². The van der Waals surface area contributed by atoms with Crippen LogP contribution in [0.25, 0.3) is 0 Å². The molecule has 0 radical (unpaired) electrons. The number of carbonyl (C=O) groups excluding carboxylic acids is 3. The minimum Gasteiger partial charge on any atom is -0.459 e. The molecule has 1 heterocycles. The van der Waals surface area contributed by atoms with Crippen molar-refractivity contribution in [2.75, 3.05) is 6.54 Å². The predicted octanol–water partition coefficient (Wildman–Crippen LogP) is 4.30. The Morgan fingerprint density at radius 3 is 2.03 bits per heavy atom. The number of hydrogen-bond donors (Lipinski definition) is 1. The van der Waals surface area contributed by atoms with Crippen LogP contribution in [0.15, 0.2) is 30.3 Å². The average molecular weight is 448 g/mol. The lowest BCUT2D eigenvalue weighted by molar-refractivity contribution is -0.149. The van der Waals surface area contributed by atoms with Crippen molar-refractivity contribution in [3.05, 3.63) is 35.9 Å². The maximum absolute atomic E-state index is 12.8. The number of nitrogens with zero attached hydrogens (tertiary/aromatic N) is 2. The number of nitrogens with one attached hydrogen (secondary N) is 1. The molecule has 0 bridgehead atoms. The maximum Gasteiger partial charge on any atom is 0.427 e. The monoisotopic (exact) mass is 447 g/mol. The summed E-state index contributed by atoms with van der Waals surface area (Å²) in [5.74, 6) is -1.00. The SMILES string of the molecule is CC(C)(C)OC(=O)N(C(=N)N1CCC[C@H]1C(=O)OCc1ccccc1)C(=O)OC(C)(C)C. The second-order valence-electron chi connectivity index (χ2n) is 9.56. The molecule has 1 atom stereocenters. The fraction of sp³-hybridized carbons (Fsp3) is 0.565. The smallest absolute Gasteiger partial charge is 0.427 e. The van der Waals surface area contributed by atoms with E-state index in [2.05, 4.69) is 0 Å². The molecule has 9 heteroatoms. The number of hydrogen-bond acceptors (Lipinski definition) is 7. The van der Waals surface area contributed by atoms with Crippen LogP contribution in [0.2, 0.25) is 0 Å². The Bertz CT molecular complexity index is 814. The summed E-state index contributed by atoms with van der Waals surface area (Å²) in [5, 5.41) is 8.58. The van der Waals surface area contributed by atoms with E-state index in [0.29, 0.717) is 24.3 Å². The number of guanidine groups is 1. The van der Waals surface area contributed by atoms with E-state index in [1.807, 2.05) is 30.3 Å². The van der Waals surface area contributed by atoms with Gasteiger partial charge in [-0.3, -0.25) is 5.41 Å². The Morgan fingerprint density at radius 2 is 1.53 bits per heavy atom. The van der Waals surface area contributed by atoms with Crippen LogP contribution >= 0.6 is 0 Å². The predicted molar refractivity (Wildman–Crippen MR) is 118 cm³/mol. The number of imide groups is 1. The van der Waals surface area contributed by atoms with Crippen LogP contribution in [0.3, 0.4) is 0 Å². The molecule has 1 N–H and O–H groups in total. The first-order valence-corrected chi connectivity index (χ1v) is 10.6. The van der Waals surface area contributed by atoms with Crippen molar-refractivity contribution in [2.45, 2.75) is 78.2 Å². The fourth-order valence-corrected chi connectivity index (χ4v) is 3.08. The van der Waals surface area contributed by atoms with Crippen LogP contribution in [0, 0.1) is 5.41 Å². The molecule has 0 spiro atoms. The third kappa shape index (κ3) is 7.25. The van der Waals surface area contributed by atoms with Crippen molar-refractivity contribution >= 4 is 24.1 Å². The lowest BCUT2D eigenvalue weighted by Crippen LogP contribution is -2.55. The molecule has 2 rings (SSSR count). The van der Waals surface area contributed by atoms with E-state index in [-0.39, 0.29) is 6.61 Å². The van der Waals surface area contributed by atoms with Gasteiger partial charge >= 0.3 is 18.2 Å². The van der Waals surface area contributed by atoms with Gasteiger partial charge in [-0.15, -0.1) is 4.90 Å². The lowest BCUT2D eigenvalue weighted by atomic mass is 10.2. The number of carbonyl (C=O) groups is 3. The van der Waals surface area contributed by atoms with Crippen LogP contribution in [-0.4, -0.2) is 57.7 Å². The van der Waals surface area contributed by atoms with Gasteiger partial charge in [-0.25, -0.2) is 14.4 Å². The molecule has 9 nitrogen and oxygen atoms in total. The average Bonchev–Trinajstić information content (AvgIpc) is 3.14. The molecule has 32 heavy (non-hydrogen) atoms. The molecular formula is C23H33N3O6. The summed E-state index contributed by atoms with van der Waals surface area (Å²) in [6.07, 6.45) is -1.05. The summed E-state index contributed by atoms with van der Waals surface area (Å²) in [4.78, 5) is 40.2. The maximum atomic E-state index is 12.8. The van der Waals surface area contributed by atoms with Crippen LogP contribution < -0.4 is 0 Å². The van der Waals surface area contributed by atoms with E-state index in [1.54, 1.807) is 41.5 Å². The number of rotatable bonds is 3. The van der Waals surface area contributed by atoms with Crippen molar-refractivity contribution in [2.24, 2.45) is 0 Å². The topological polar surface area (TPSA) is 109 Å². The standard InChI is InChI=1S/C23H33N3O6/c1-22(2,3)31-20(28)26(21(29)32-23(4,5)6)19(24)25-14-10-13-17(25)18(27)30-15-16-11-8-7-9-12-16/h7-9,11-12,17,24H,10,13-15H2,1-6H3/t17-/m0/s1. The van der Waals surface area contributed by atoms with Crippen molar-refractivity contribution in [1.29, 1.82) is 5.41 Å². The molecule has 0 aliphatic carbocycles. The highest BCUT2D eigenvalue weighted by Crippen LogP contribution is 2.23. The highest BCUT2D eigenvalue weighted by molar-refractivity contribution is 6.07. The van der Waals surface area contributed by atoms with Crippen LogP contribution in [0.5, 0.6) is 0 Å². The fourth-order valence-electron chi connectivity index (χ4n) is 3.08. The van der Waals surface area contributed by atoms with Crippen LogP contribution in [0.1, 0.15) is 59.9 Å². The first-order valence-electron chi connectivity index (χ1n) is 10.6. The third-order valence-electron chi connectivity index (χ3n) is 4.38. The molecule has 2 amide bonds. The summed E-state index contributed by atoms with van der Waals surface area (Å²) in [6.45, 7) is 10.3. The molecular weight excluding hydrogens is 414 g/mol. The Hall–Kier alpha value is -3.10. The van der Waals surface area contributed by atoms with E-state index in [1.165, 1.54) is 4.90 Å². The molecule has 0 aromatic heterocycles. The van der Waals surface area contributed by atoms with Crippen molar-refractivity contribution in [3.8, 4) is 0 Å². The van der Waals surface area contributed by atoms with E-state index in [0.717, 1.165) is 5.56 Å². The second-order valence-corrected chi connectivity index (χ2v) is 9.56. The normalized spacial score (nSPS) is 16.3. The third-order valence-corrected chi connectivity index (χ3v) is 4.38. The molecule has 1 aliphatic heterocycles. The highest BCUT2D eigenvalue weighted by atomic mass is 16.6. The molecule has 1 fully saturated rings. The number of ether oxygens (including phenoxy) is 3. The first-order chi connectivity index (χ1) is 14.8. The first kappa shape index (κ1) is 25.2. The molecule has 0 saturated carbocycles. The van der Waals surface area contributed by atoms with Gasteiger partial charge in [0, 0.05) is 6.54 Å². The Morgan fingerprint density at radius 1 is 1.00 bits per heavy atom. The summed E-state index contributed by atoms with van der Waals surface area (Å²) in [7, 11) is 0. The van der Waals surface area contributed by atoms with Gasteiger partial charge in [0.1, 0.15) is 23.9 Å². The van der Waals surface area contributed by atoms with Gasteiger partial charge in [0.05, 0.1) is 0 Å². The molecule has 1 aliphatic rings. The largest absolute Gasteiger partial charge is 0.459 e. The number of amides is 2. The summed E-state index contributed by atoms with van der Waals surface area (Å²) >= 11 is 0. The van der Waals surface area contributed by atoms with Gasteiger partial charge in [0.15, 0.2) is 0 Å². The van der Waals surface area contributed by atoms with E-state index >= 15 is 0 Å². The molecule has 1 saturated heterocycles. The lowest BCUT2D eigenvalue weighted by Gasteiger charge is -2.33. The minimum absolute atomic E-state index is 0.0964. The zero-order valence-corrected chi connectivity index (χ0v) is 19.6. The highest BCUT2D eigenvalue weighted by Gasteiger charge is 2.42. The summed E-state index contributed by atoms with van der Waals surface area (Å²) in [5.41, 5.74) is -0.947. The number of likely N-dealkylation sites (tertiary alicyclic amines) is 1. The van der Waals surface area contributed by atoms with Crippen molar-refractivity contribution in [1.82, 2.24) is 9.80 Å². The molecule has 1 aromatic carbocycles. The van der Waals surface area contributed by atoms with E-state index in [4.69, 9.17) is 19.6 Å². The van der Waals surface area contributed by atoms with Crippen LogP contribution in [0.4, 0.5) is 9.59 Å². The Labute approximate surface area is 189 Å². The van der Waals surface area contributed by atoms with Crippen molar-refractivity contribution in [3.63, 3.8) is 0 Å². The molecule has 1 aromatic rings. The summed E-state index contributed by atoms with van der Waals surface area (Å²) < 4.78 is 16.1. The Balaban J connectivity index is 2.19. The van der Waals surface area contributed by atoms with E-state index < -0.39 is 41.4 Å². The van der Waals surface area contributed by atoms with Crippen molar-refractivity contribution < 1.29 is 28.6 Å². The number of esters is 1. The van der Waals surface area contributed by atoms with Gasteiger partial charge in [-0.2, -0.15) is 0 Å². The van der Waals surface area contributed by atoms with E-state index in [9.17, 15) is 14.4 Å². The summed E-state index contributed by atoms with van der Waals surface area (Å²) in [6, 6.07) is 8.45. The Kier molecular flexibility index (Phi) is 7.87. The zero-order chi connectivity index (χ0) is 24.1. The zero-order valence-electron chi connectivity index (χ0n) is 19.6. The second kappa shape index (κ2) is 10.0. The van der Waals surface area contributed by atoms with Gasteiger partial charge in [0.2, 0.25) is 5.96 Å². The molecule has 176 valence electrons. The number of benzene rings is 1. The quantitative estimate of drug-likeness (QED) is 0.318.